The molecule has 2 heterocycles. The number of hydrogen-bond donors (Lipinski definition) is 0. The summed E-state index contributed by atoms with van der Waals surface area (Å²) in [6.07, 6.45) is 6.14. The highest BCUT2D eigenvalue weighted by molar-refractivity contribution is 6.12. The van der Waals surface area contributed by atoms with Gasteiger partial charge in [-0.15, -0.1) is 0 Å². The summed E-state index contributed by atoms with van der Waals surface area (Å²) in [7, 11) is 0. The smallest absolute Gasteiger partial charge is 0.252 e. The van der Waals surface area contributed by atoms with Crippen LogP contribution in [0.1, 0.15) is 52.9 Å². The zero-order valence-corrected chi connectivity index (χ0v) is 13.1. The summed E-state index contributed by atoms with van der Waals surface area (Å²) < 4.78 is 0. The van der Waals surface area contributed by atoms with Crippen molar-refractivity contribution in [1.82, 2.24) is 0 Å². The molecule has 1 atom stereocenters. The molecule has 0 aromatic heterocycles. The Bertz CT molecular complexity index is 595. The van der Waals surface area contributed by atoms with Crippen molar-refractivity contribution in [2.45, 2.75) is 70.0 Å². The molecule has 3 aliphatic rings. The first kappa shape index (κ1) is 13.2. The van der Waals surface area contributed by atoms with Gasteiger partial charge in [0, 0.05) is 11.6 Å². The number of carbonyl (C=O) groups is 1. The predicted molar refractivity (Wildman–Crippen MR) is 84.6 cm³/mol. The molecule has 1 amide bonds. The Morgan fingerprint density at radius 3 is 2.62 bits per heavy atom. The van der Waals surface area contributed by atoms with Gasteiger partial charge in [-0.2, -0.15) is 0 Å². The first-order chi connectivity index (χ1) is 9.97. The average Bonchev–Trinajstić information content (AvgIpc) is 3.07. The summed E-state index contributed by atoms with van der Waals surface area (Å²) in [5.41, 5.74) is 2.08. The van der Waals surface area contributed by atoms with Gasteiger partial charge in [-0.3, -0.25) is 4.79 Å². The minimum Gasteiger partial charge on any atom is -0.347 e. The van der Waals surface area contributed by atoms with Gasteiger partial charge >= 0.3 is 0 Å². The molecule has 4 rings (SSSR count). The Morgan fingerprint density at radius 2 is 1.95 bits per heavy atom. The van der Waals surface area contributed by atoms with Gasteiger partial charge in [0.1, 0.15) is 6.04 Å². The molecule has 3 heteroatoms. The van der Waals surface area contributed by atoms with Crippen molar-refractivity contribution >= 4 is 17.3 Å². The largest absolute Gasteiger partial charge is 0.347 e. The van der Waals surface area contributed by atoms with E-state index in [0.717, 1.165) is 18.5 Å². The Balaban J connectivity index is 1.84. The fraction of sp³-hybridized carbons (Fsp3) is 0.611. The lowest BCUT2D eigenvalue weighted by Gasteiger charge is -2.39. The average molecular weight is 283 g/mol. The van der Waals surface area contributed by atoms with Crippen molar-refractivity contribution in [2.75, 3.05) is 9.80 Å². The Morgan fingerprint density at radius 1 is 1.24 bits per heavy atom. The van der Waals surface area contributed by atoms with Crippen LogP contribution in [0.15, 0.2) is 18.2 Å². The number of amides is 1. The van der Waals surface area contributed by atoms with Crippen LogP contribution in [0.25, 0.3) is 0 Å². The molecule has 111 valence electrons. The molecule has 1 unspecified atom stereocenters. The number of carbonyl (C=O) groups excluding carboxylic acids is 1. The van der Waals surface area contributed by atoms with Crippen molar-refractivity contribution in [2.24, 2.45) is 0 Å². The fourth-order valence-electron chi connectivity index (χ4n) is 4.46. The highest BCUT2D eigenvalue weighted by Crippen LogP contribution is 2.59. The van der Waals surface area contributed by atoms with Crippen molar-refractivity contribution in [3.8, 4) is 0 Å². The molecule has 21 heavy (non-hydrogen) atoms. The first-order valence-electron chi connectivity index (χ1n) is 8.11. The molecular weight excluding hydrogens is 260 g/mol. The van der Waals surface area contributed by atoms with Gasteiger partial charge in [-0.05, 0) is 39.7 Å². The molecule has 1 aliphatic carbocycles. The molecule has 0 N–H and O–H groups in total. The van der Waals surface area contributed by atoms with E-state index in [1.807, 2.05) is 17.0 Å². The topological polar surface area (TPSA) is 23.3 Å². The van der Waals surface area contributed by atoms with Gasteiger partial charge in [-0.1, -0.05) is 31.4 Å². The van der Waals surface area contributed by atoms with E-state index in [9.17, 15) is 4.79 Å². The molecule has 1 saturated heterocycles. The molecule has 2 aliphatic heterocycles. The molecule has 3 nitrogen and oxygen atoms in total. The normalized spacial score (nSPS) is 26.6. The molecule has 1 aromatic rings. The molecule has 1 aromatic carbocycles. The minimum absolute atomic E-state index is 0.0697. The van der Waals surface area contributed by atoms with Crippen LogP contribution in [0.5, 0.6) is 0 Å². The van der Waals surface area contributed by atoms with Crippen LogP contribution in [0.2, 0.25) is 0 Å². The maximum atomic E-state index is 13.1. The van der Waals surface area contributed by atoms with Crippen molar-refractivity contribution in [3.05, 3.63) is 24.3 Å². The van der Waals surface area contributed by atoms with Crippen LogP contribution in [-0.2, 0) is 4.79 Å². The summed E-state index contributed by atoms with van der Waals surface area (Å²) in [6.45, 7) is 6.34. The summed E-state index contributed by atoms with van der Waals surface area (Å²) in [5, 5.41) is 0. The van der Waals surface area contributed by atoms with Gasteiger partial charge < -0.3 is 9.80 Å². The zero-order valence-electron chi connectivity index (χ0n) is 13.1. The van der Waals surface area contributed by atoms with E-state index < -0.39 is 0 Å². The lowest BCUT2D eigenvalue weighted by molar-refractivity contribution is -0.119. The number of para-hydroxylation sites is 1. The SMILES string of the molecule is CC(C)(C)N1C(=O)C2N(c3ccc[c]c31)C21CCCCC1. The predicted octanol–water partition coefficient (Wildman–Crippen LogP) is 3.52. The number of hydrogen-bond acceptors (Lipinski definition) is 2. The molecular formula is C18H23N2O. The van der Waals surface area contributed by atoms with E-state index in [2.05, 4.69) is 37.8 Å². The number of fused-ring (bicyclic) bond motifs is 5. The van der Waals surface area contributed by atoms with Gasteiger partial charge in [0.05, 0.1) is 16.9 Å². The first-order valence-corrected chi connectivity index (χ1v) is 8.11. The van der Waals surface area contributed by atoms with E-state index >= 15 is 0 Å². The van der Waals surface area contributed by atoms with Crippen LogP contribution in [0.4, 0.5) is 11.4 Å². The Labute approximate surface area is 126 Å². The monoisotopic (exact) mass is 283 g/mol. The van der Waals surface area contributed by atoms with Crippen LogP contribution < -0.4 is 9.80 Å². The fourth-order valence-corrected chi connectivity index (χ4v) is 4.46. The van der Waals surface area contributed by atoms with Crippen molar-refractivity contribution < 1.29 is 4.79 Å². The van der Waals surface area contributed by atoms with Crippen LogP contribution in [0, 0.1) is 6.07 Å². The van der Waals surface area contributed by atoms with Crippen LogP contribution >= 0.6 is 0 Å². The van der Waals surface area contributed by atoms with Gasteiger partial charge in [0.2, 0.25) is 0 Å². The standard InChI is InChI=1S/C18H23N2O/c1-17(2,3)20-14-10-6-5-9-13(14)19-15(16(20)21)18(19)11-7-4-8-12-18/h5-6,9,15H,4,7-8,11-12H2,1-3H3. The molecule has 2 fully saturated rings. The quantitative estimate of drug-likeness (QED) is 0.680. The van der Waals surface area contributed by atoms with E-state index in [1.165, 1.54) is 24.9 Å². The number of nitrogens with zero attached hydrogens (tertiary/aromatic N) is 2. The second-order valence-corrected chi connectivity index (χ2v) is 7.69. The Kier molecular flexibility index (Phi) is 2.52. The summed E-state index contributed by atoms with van der Waals surface area (Å²) in [5.74, 6) is 0.277. The Hall–Kier alpha value is -1.51. The van der Waals surface area contributed by atoms with Crippen molar-refractivity contribution in [3.63, 3.8) is 0 Å². The van der Waals surface area contributed by atoms with Crippen LogP contribution in [0.3, 0.4) is 0 Å². The van der Waals surface area contributed by atoms with E-state index in [4.69, 9.17) is 0 Å². The molecule has 0 bridgehead atoms. The van der Waals surface area contributed by atoms with E-state index in [1.54, 1.807) is 0 Å². The van der Waals surface area contributed by atoms with Crippen molar-refractivity contribution in [1.29, 1.82) is 0 Å². The molecule has 1 saturated carbocycles. The van der Waals surface area contributed by atoms with E-state index in [0.29, 0.717) is 0 Å². The number of benzene rings is 1. The lowest BCUT2D eigenvalue weighted by atomic mass is 9.85. The summed E-state index contributed by atoms with van der Waals surface area (Å²) in [4.78, 5) is 17.5. The van der Waals surface area contributed by atoms with Crippen LogP contribution in [-0.4, -0.2) is 23.0 Å². The number of anilines is 2. The van der Waals surface area contributed by atoms with Gasteiger partial charge in [0.15, 0.2) is 0 Å². The van der Waals surface area contributed by atoms with Gasteiger partial charge in [-0.25, -0.2) is 0 Å². The summed E-state index contributed by atoms with van der Waals surface area (Å²) >= 11 is 0. The zero-order chi connectivity index (χ0) is 14.8. The highest BCUT2D eigenvalue weighted by atomic mass is 16.2. The highest BCUT2D eigenvalue weighted by Gasteiger charge is 2.69. The number of rotatable bonds is 0. The molecule has 1 radical (unpaired) electrons. The second-order valence-electron chi connectivity index (χ2n) is 7.69. The maximum absolute atomic E-state index is 13.1. The third kappa shape index (κ3) is 1.63. The lowest BCUT2D eigenvalue weighted by Crippen LogP contribution is -2.51. The minimum atomic E-state index is -0.200. The van der Waals surface area contributed by atoms with E-state index in [-0.39, 0.29) is 23.0 Å². The second kappa shape index (κ2) is 4.02. The third-order valence-electron chi connectivity index (χ3n) is 5.32. The molecule has 1 spiro atoms. The third-order valence-corrected chi connectivity index (χ3v) is 5.32. The maximum Gasteiger partial charge on any atom is 0.252 e. The van der Waals surface area contributed by atoms with Gasteiger partial charge in [0.25, 0.3) is 5.91 Å². The summed E-state index contributed by atoms with van der Waals surface area (Å²) in [6, 6.07) is 9.51.